The first kappa shape index (κ1) is 20.7. The molecule has 1 atom stereocenters. The van der Waals surface area contributed by atoms with Crippen LogP contribution in [0.3, 0.4) is 0 Å². The van der Waals surface area contributed by atoms with Crippen molar-refractivity contribution >= 4 is 68.4 Å². The summed E-state index contributed by atoms with van der Waals surface area (Å²) in [5.41, 5.74) is 6.47. The van der Waals surface area contributed by atoms with Crippen molar-refractivity contribution in [2.75, 3.05) is 4.90 Å². The maximum Gasteiger partial charge on any atom is 0.262 e. The smallest absolute Gasteiger partial charge is 0.262 e. The molecular formula is C19H12BrCl2N3O2S. The number of rotatable bonds is 4. The van der Waals surface area contributed by atoms with Crippen molar-refractivity contribution in [3.63, 3.8) is 0 Å². The largest absolute Gasteiger partial charge is 0.365 e. The minimum Gasteiger partial charge on any atom is -0.365 e. The van der Waals surface area contributed by atoms with Crippen LogP contribution in [0, 0.1) is 11.3 Å². The number of primary amides is 1. The molecule has 1 aliphatic heterocycles. The Morgan fingerprint density at radius 2 is 1.89 bits per heavy atom. The van der Waals surface area contributed by atoms with Crippen LogP contribution in [0.25, 0.3) is 0 Å². The molecule has 2 aromatic rings. The molecule has 2 aromatic carbocycles. The first-order valence-corrected chi connectivity index (χ1v) is 10.4. The van der Waals surface area contributed by atoms with Crippen molar-refractivity contribution in [1.29, 1.82) is 5.26 Å². The summed E-state index contributed by atoms with van der Waals surface area (Å²) in [6.45, 7) is 0. The lowest BCUT2D eigenvalue weighted by Crippen LogP contribution is -2.31. The third kappa shape index (κ3) is 4.20. The molecule has 5 nitrogen and oxygen atoms in total. The van der Waals surface area contributed by atoms with Gasteiger partial charge in [-0.1, -0.05) is 57.0 Å². The number of hydrogen-bond acceptors (Lipinski definition) is 4. The predicted molar refractivity (Wildman–Crippen MR) is 115 cm³/mol. The van der Waals surface area contributed by atoms with Gasteiger partial charge in [0, 0.05) is 10.2 Å². The summed E-state index contributed by atoms with van der Waals surface area (Å²) < 4.78 is 0.837. The summed E-state index contributed by atoms with van der Waals surface area (Å²) in [5.74, 6) is -1.13. The van der Waals surface area contributed by atoms with Gasteiger partial charge in [-0.15, -0.1) is 0 Å². The van der Waals surface area contributed by atoms with Crippen molar-refractivity contribution < 1.29 is 9.59 Å². The zero-order valence-electron chi connectivity index (χ0n) is 14.2. The van der Waals surface area contributed by atoms with Crippen molar-refractivity contribution in [3.05, 3.63) is 73.1 Å². The van der Waals surface area contributed by atoms with Gasteiger partial charge >= 0.3 is 0 Å². The highest BCUT2D eigenvalue weighted by Crippen LogP contribution is 2.42. The SMILES string of the molecule is N#C/C(C(N)=O)=C1\S[C@@H](Cc2ccc(Cl)c(Cl)c2)C(=O)N1c1ccc(Br)cc1. The molecule has 3 rings (SSSR count). The first-order valence-electron chi connectivity index (χ1n) is 7.96. The Balaban J connectivity index is 2.02. The van der Waals surface area contributed by atoms with Gasteiger partial charge in [-0.3, -0.25) is 14.5 Å². The van der Waals surface area contributed by atoms with E-state index in [0.29, 0.717) is 22.2 Å². The molecule has 142 valence electrons. The number of thioether (sulfide) groups is 1. The van der Waals surface area contributed by atoms with Gasteiger partial charge in [-0.25, -0.2) is 0 Å². The van der Waals surface area contributed by atoms with Crippen LogP contribution in [-0.2, 0) is 16.0 Å². The van der Waals surface area contributed by atoms with Gasteiger partial charge in [-0.05, 0) is 48.4 Å². The molecule has 0 aliphatic carbocycles. The third-order valence-corrected chi connectivity index (χ3v) is 6.55. The molecule has 0 spiro atoms. The lowest BCUT2D eigenvalue weighted by molar-refractivity contribution is -0.117. The number of anilines is 1. The lowest BCUT2D eigenvalue weighted by Gasteiger charge is -2.18. The number of benzene rings is 2. The Kier molecular flexibility index (Phi) is 6.36. The van der Waals surface area contributed by atoms with Crippen LogP contribution in [0.15, 0.2) is 57.5 Å². The van der Waals surface area contributed by atoms with Gasteiger partial charge in [-0.2, -0.15) is 5.26 Å². The zero-order valence-corrected chi connectivity index (χ0v) is 18.1. The molecule has 0 unspecified atom stereocenters. The first-order chi connectivity index (χ1) is 13.3. The van der Waals surface area contributed by atoms with Gasteiger partial charge in [0.25, 0.3) is 5.91 Å². The van der Waals surface area contributed by atoms with Crippen LogP contribution in [-0.4, -0.2) is 17.1 Å². The second kappa shape index (κ2) is 8.58. The van der Waals surface area contributed by atoms with E-state index in [1.165, 1.54) is 4.90 Å². The summed E-state index contributed by atoms with van der Waals surface area (Å²) in [5, 5.41) is 9.90. The average molecular weight is 497 g/mol. The maximum atomic E-state index is 13.1. The Hall–Kier alpha value is -1.98. The Morgan fingerprint density at radius 1 is 1.21 bits per heavy atom. The molecule has 0 radical (unpaired) electrons. The molecule has 1 aliphatic rings. The molecule has 0 saturated carbocycles. The minimum absolute atomic E-state index is 0.229. The molecule has 28 heavy (non-hydrogen) atoms. The van der Waals surface area contributed by atoms with Crippen LogP contribution in [0.4, 0.5) is 5.69 Å². The van der Waals surface area contributed by atoms with E-state index in [1.807, 2.05) is 6.07 Å². The van der Waals surface area contributed by atoms with E-state index in [4.69, 9.17) is 28.9 Å². The van der Waals surface area contributed by atoms with Gasteiger partial charge in [0.15, 0.2) is 0 Å². The molecule has 1 saturated heterocycles. The van der Waals surface area contributed by atoms with Crippen LogP contribution in [0.2, 0.25) is 10.0 Å². The van der Waals surface area contributed by atoms with Crippen molar-refractivity contribution in [3.8, 4) is 6.07 Å². The molecule has 1 heterocycles. The fourth-order valence-electron chi connectivity index (χ4n) is 2.71. The van der Waals surface area contributed by atoms with E-state index in [1.54, 1.807) is 42.5 Å². The molecule has 2 N–H and O–H groups in total. The van der Waals surface area contributed by atoms with E-state index >= 15 is 0 Å². The molecule has 1 fully saturated rings. The van der Waals surface area contributed by atoms with Crippen LogP contribution in [0.5, 0.6) is 0 Å². The normalized spacial score (nSPS) is 18.1. The van der Waals surface area contributed by atoms with Crippen molar-refractivity contribution in [1.82, 2.24) is 0 Å². The standard InChI is InChI=1S/C19H12BrCl2N3O2S/c20-11-2-4-12(5-3-11)25-18(27)16(28-19(25)13(9-23)17(24)26)8-10-1-6-14(21)15(22)7-10/h1-7,16H,8H2,(H2,24,26)/b19-13+/t16-/m0/s1. The zero-order chi connectivity index (χ0) is 20.4. The second-order valence-electron chi connectivity index (χ2n) is 5.87. The van der Waals surface area contributed by atoms with E-state index in [-0.39, 0.29) is 16.5 Å². The van der Waals surface area contributed by atoms with Gasteiger partial charge in [0.05, 0.1) is 15.3 Å². The van der Waals surface area contributed by atoms with Gasteiger partial charge in [0.2, 0.25) is 5.91 Å². The summed E-state index contributed by atoms with van der Waals surface area (Å²) in [6.07, 6.45) is 0.356. The minimum atomic E-state index is -0.880. The topological polar surface area (TPSA) is 87.2 Å². The van der Waals surface area contributed by atoms with Gasteiger partial charge < -0.3 is 5.73 Å². The number of carbonyl (C=O) groups is 2. The van der Waals surface area contributed by atoms with Gasteiger partial charge in [0.1, 0.15) is 16.7 Å². The molecule has 2 amide bonds. The van der Waals surface area contributed by atoms with E-state index in [2.05, 4.69) is 15.9 Å². The van der Waals surface area contributed by atoms with E-state index in [9.17, 15) is 14.9 Å². The number of nitrogens with zero attached hydrogens (tertiary/aromatic N) is 2. The molecular weight excluding hydrogens is 485 g/mol. The number of carbonyl (C=O) groups excluding carboxylic acids is 2. The molecule has 0 aromatic heterocycles. The predicted octanol–water partition coefficient (Wildman–Crippen LogP) is 4.67. The fraction of sp³-hybridized carbons (Fsp3) is 0.105. The second-order valence-corrected chi connectivity index (χ2v) is 8.79. The molecule has 9 heteroatoms. The van der Waals surface area contributed by atoms with E-state index < -0.39 is 11.2 Å². The molecule has 0 bridgehead atoms. The number of halogens is 3. The van der Waals surface area contributed by atoms with Crippen molar-refractivity contribution in [2.45, 2.75) is 11.7 Å². The monoisotopic (exact) mass is 495 g/mol. The third-order valence-electron chi connectivity index (χ3n) is 4.01. The lowest BCUT2D eigenvalue weighted by atomic mass is 10.1. The number of hydrogen-bond donors (Lipinski definition) is 1. The van der Waals surface area contributed by atoms with Crippen LogP contribution < -0.4 is 10.6 Å². The Bertz CT molecular complexity index is 1030. The van der Waals surface area contributed by atoms with Crippen molar-refractivity contribution in [2.24, 2.45) is 5.73 Å². The maximum absolute atomic E-state index is 13.1. The Morgan fingerprint density at radius 3 is 2.46 bits per heavy atom. The quantitative estimate of drug-likeness (QED) is 0.492. The summed E-state index contributed by atoms with van der Waals surface area (Å²) >= 11 is 16.5. The number of amides is 2. The summed E-state index contributed by atoms with van der Waals surface area (Å²) in [7, 11) is 0. The Labute approximate surface area is 184 Å². The highest BCUT2D eigenvalue weighted by molar-refractivity contribution is 9.10. The van der Waals surface area contributed by atoms with Crippen LogP contribution >= 0.6 is 50.9 Å². The average Bonchev–Trinajstić information content (AvgIpc) is 2.95. The highest BCUT2D eigenvalue weighted by Gasteiger charge is 2.40. The number of nitriles is 1. The highest BCUT2D eigenvalue weighted by atomic mass is 79.9. The summed E-state index contributed by atoms with van der Waals surface area (Å²) in [6, 6.07) is 14.0. The van der Waals surface area contributed by atoms with Crippen LogP contribution in [0.1, 0.15) is 5.56 Å². The summed E-state index contributed by atoms with van der Waals surface area (Å²) in [4.78, 5) is 26.3. The van der Waals surface area contributed by atoms with E-state index in [0.717, 1.165) is 21.8 Å². The number of nitrogens with two attached hydrogens (primary N) is 1. The fourth-order valence-corrected chi connectivity index (χ4v) is 4.61.